The van der Waals surface area contributed by atoms with Gasteiger partial charge in [0.1, 0.15) is 0 Å². The summed E-state index contributed by atoms with van der Waals surface area (Å²) in [5.74, 6) is -0.108. The highest BCUT2D eigenvalue weighted by atomic mass is 16.3. The third-order valence-corrected chi connectivity index (χ3v) is 5.03. The number of benzene rings is 1. The standard InChI is InChI=1S/C21H21N5O2/c22-21-24-11-17(19(25-21)15-4-2-1-3-5-15)20(28)26-12-16(18(27)13-26)10-14-6-8-23-9-7-14/h1-9,11,16,18,27H,10,12-13H2,(H2,22,24,25)/t16-,18+/m1/s1. The summed E-state index contributed by atoms with van der Waals surface area (Å²) in [4.78, 5) is 27.2. The van der Waals surface area contributed by atoms with Crippen molar-refractivity contribution in [3.05, 3.63) is 72.2 Å². The zero-order valence-electron chi connectivity index (χ0n) is 15.3. The summed E-state index contributed by atoms with van der Waals surface area (Å²) in [5.41, 5.74) is 8.54. The molecule has 1 aliphatic heterocycles. The van der Waals surface area contributed by atoms with Crippen LogP contribution in [-0.2, 0) is 6.42 Å². The number of nitrogens with two attached hydrogens (primary N) is 1. The molecule has 0 bridgehead atoms. The van der Waals surface area contributed by atoms with E-state index in [-0.39, 0.29) is 24.3 Å². The Morgan fingerprint density at radius 1 is 1.14 bits per heavy atom. The number of nitrogens with zero attached hydrogens (tertiary/aromatic N) is 4. The molecule has 3 aromatic rings. The molecule has 7 heteroatoms. The highest BCUT2D eigenvalue weighted by Crippen LogP contribution is 2.27. The van der Waals surface area contributed by atoms with Crippen LogP contribution in [0.3, 0.4) is 0 Å². The van der Waals surface area contributed by atoms with Crippen LogP contribution >= 0.6 is 0 Å². The number of rotatable bonds is 4. The lowest BCUT2D eigenvalue weighted by Gasteiger charge is -2.18. The first-order chi connectivity index (χ1) is 13.6. The summed E-state index contributed by atoms with van der Waals surface area (Å²) in [6.45, 7) is 0.758. The Hall–Kier alpha value is -3.32. The quantitative estimate of drug-likeness (QED) is 0.720. The van der Waals surface area contributed by atoms with Crippen molar-refractivity contribution in [1.29, 1.82) is 0 Å². The number of likely N-dealkylation sites (tertiary alicyclic amines) is 1. The van der Waals surface area contributed by atoms with Gasteiger partial charge in [-0.15, -0.1) is 0 Å². The van der Waals surface area contributed by atoms with Crippen LogP contribution in [0.15, 0.2) is 61.1 Å². The molecule has 4 rings (SSSR count). The number of nitrogen functional groups attached to an aromatic ring is 1. The summed E-state index contributed by atoms with van der Waals surface area (Å²) < 4.78 is 0. The third kappa shape index (κ3) is 3.70. The summed E-state index contributed by atoms with van der Waals surface area (Å²) in [5, 5.41) is 10.5. The number of β-amino-alcohol motifs (C(OH)–C–C–N with tert-alkyl or cyclic N) is 1. The van der Waals surface area contributed by atoms with E-state index in [2.05, 4.69) is 15.0 Å². The molecule has 3 N–H and O–H groups in total. The molecule has 1 fully saturated rings. The molecule has 0 spiro atoms. The molecular formula is C21H21N5O2. The molecule has 1 saturated heterocycles. The Morgan fingerprint density at radius 2 is 1.89 bits per heavy atom. The van der Waals surface area contributed by atoms with Crippen molar-refractivity contribution >= 4 is 11.9 Å². The predicted molar refractivity (Wildman–Crippen MR) is 105 cm³/mol. The molecule has 3 heterocycles. The van der Waals surface area contributed by atoms with Crippen molar-refractivity contribution < 1.29 is 9.90 Å². The van der Waals surface area contributed by atoms with E-state index in [1.54, 1.807) is 17.3 Å². The Bertz CT molecular complexity index is 965. The number of aromatic nitrogens is 3. The van der Waals surface area contributed by atoms with Gasteiger partial charge in [-0.3, -0.25) is 9.78 Å². The van der Waals surface area contributed by atoms with E-state index < -0.39 is 6.10 Å². The minimum Gasteiger partial charge on any atom is -0.391 e. The van der Waals surface area contributed by atoms with E-state index in [0.29, 0.717) is 24.2 Å². The second-order valence-electron chi connectivity index (χ2n) is 6.95. The van der Waals surface area contributed by atoms with Crippen LogP contribution in [0, 0.1) is 5.92 Å². The Labute approximate surface area is 162 Å². The molecule has 142 valence electrons. The Kier molecular flexibility index (Phi) is 4.99. The average molecular weight is 375 g/mol. The van der Waals surface area contributed by atoms with E-state index in [1.807, 2.05) is 42.5 Å². The van der Waals surface area contributed by atoms with Gasteiger partial charge in [0.2, 0.25) is 5.95 Å². The van der Waals surface area contributed by atoms with E-state index in [1.165, 1.54) is 6.20 Å². The zero-order chi connectivity index (χ0) is 19.5. The molecule has 28 heavy (non-hydrogen) atoms. The first-order valence-corrected chi connectivity index (χ1v) is 9.16. The molecule has 0 unspecified atom stereocenters. The van der Waals surface area contributed by atoms with Crippen molar-refractivity contribution in [2.45, 2.75) is 12.5 Å². The number of amides is 1. The van der Waals surface area contributed by atoms with Crippen LogP contribution in [0.2, 0.25) is 0 Å². The second-order valence-corrected chi connectivity index (χ2v) is 6.95. The van der Waals surface area contributed by atoms with Gasteiger partial charge < -0.3 is 15.7 Å². The highest BCUT2D eigenvalue weighted by molar-refractivity contribution is 6.00. The maximum absolute atomic E-state index is 13.2. The Balaban J connectivity index is 1.57. The summed E-state index contributed by atoms with van der Waals surface area (Å²) in [7, 11) is 0. The number of pyridine rings is 1. The largest absolute Gasteiger partial charge is 0.391 e. The van der Waals surface area contributed by atoms with Crippen molar-refractivity contribution in [3.8, 4) is 11.3 Å². The highest BCUT2D eigenvalue weighted by Gasteiger charge is 2.35. The number of hydrogen-bond donors (Lipinski definition) is 2. The van der Waals surface area contributed by atoms with Gasteiger partial charge in [-0.1, -0.05) is 30.3 Å². The van der Waals surface area contributed by atoms with Crippen molar-refractivity contribution in [2.24, 2.45) is 5.92 Å². The minimum atomic E-state index is -0.577. The van der Waals surface area contributed by atoms with Crippen molar-refractivity contribution in [3.63, 3.8) is 0 Å². The first-order valence-electron chi connectivity index (χ1n) is 9.16. The fraction of sp³-hybridized carbons (Fsp3) is 0.238. The van der Waals surface area contributed by atoms with Gasteiger partial charge in [0, 0.05) is 43.2 Å². The SMILES string of the molecule is Nc1ncc(C(=O)N2C[C@@H](Cc3ccncc3)[C@@H](O)C2)c(-c2ccccc2)n1. The van der Waals surface area contributed by atoms with Gasteiger partial charge >= 0.3 is 0 Å². The van der Waals surface area contributed by atoms with Crippen LogP contribution in [-0.4, -0.2) is 50.1 Å². The molecule has 0 radical (unpaired) electrons. The lowest BCUT2D eigenvalue weighted by molar-refractivity contribution is 0.0764. The number of aliphatic hydroxyl groups is 1. The zero-order valence-corrected chi connectivity index (χ0v) is 15.3. The van der Waals surface area contributed by atoms with Gasteiger partial charge in [0.25, 0.3) is 5.91 Å². The number of aliphatic hydroxyl groups excluding tert-OH is 1. The smallest absolute Gasteiger partial charge is 0.257 e. The topological polar surface area (TPSA) is 105 Å². The molecule has 1 amide bonds. The van der Waals surface area contributed by atoms with Crippen LogP contribution in [0.25, 0.3) is 11.3 Å². The molecule has 7 nitrogen and oxygen atoms in total. The maximum atomic E-state index is 13.2. The van der Waals surface area contributed by atoms with Gasteiger partial charge in [-0.25, -0.2) is 9.97 Å². The first kappa shape index (κ1) is 18.1. The molecule has 0 aliphatic carbocycles. The van der Waals surface area contributed by atoms with Gasteiger partial charge in [0.05, 0.1) is 17.4 Å². The van der Waals surface area contributed by atoms with Crippen LogP contribution in [0.5, 0.6) is 0 Å². The normalized spacial score (nSPS) is 19.0. The monoisotopic (exact) mass is 375 g/mol. The number of hydrogen-bond acceptors (Lipinski definition) is 6. The fourth-order valence-corrected chi connectivity index (χ4v) is 3.58. The van der Waals surface area contributed by atoms with E-state index in [9.17, 15) is 9.90 Å². The van der Waals surface area contributed by atoms with Gasteiger partial charge in [-0.2, -0.15) is 0 Å². The van der Waals surface area contributed by atoms with E-state index in [4.69, 9.17) is 5.73 Å². The van der Waals surface area contributed by atoms with Crippen LogP contribution in [0.4, 0.5) is 5.95 Å². The molecule has 1 aromatic carbocycles. The molecular weight excluding hydrogens is 354 g/mol. The number of carbonyl (C=O) groups excluding carboxylic acids is 1. The fourth-order valence-electron chi connectivity index (χ4n) is 3.58. The molecule has 2 atom stereocenters. The molecule has 2 aromatic heterocycles. The predicted octanol–water partition coefficient (Wildman–Crippen LogP) is 1.80. The van der Waals surface area contributed by atoms with Gasteiger partial charge in [0.15, 0.2) is 0 Å². The average Bonchev–Trinajstić information content (AvgIpc) is 3.09. The number of anilines is 1. The van der Waals surface area contributed by atoms with E-state index in [0.717, 1.165) is 11.1 Å². The second kappa shape index (κ2) is 7.74. The van der Waals surface area contributed by atoms with Crippen molar-refractivity contribution in [1.82, 2.24) is 19.9 Å². The van der Waals surface area contributed by atoms with Crippen molar-refractivity contribution in [2.75, 3.05) is 18.8 Å². The van der Waals surface area contributed by atoms with Gasteiger partial charge in [-0.05, 0) is 24.1 Å². The lowest BCUT2D eigenvalue weighted by atomic mass is 9.97. The van der Waals surface area contributed by atoms with Crippen LogP contribution < -0.4 is 5.73 Å². The third-order valence-electron chi connectivity index (χ3n) is 5.03. The number of carbonyl (C=O) groups is 1. The summed E-state index contributed by atoms with van der Waals surface area (Å²) in [6, 6.07) is 13.3. The lowest BCUT2D eigenvalue weighted by Crippen LogP contribution is -2.30. The Morgan fingerprint density at radius 3 is 2.64 bits per heavy atom. The summed E-state index contributed by atoms with van der Waals surface area (Å²) >= 11 is 0. The van der Waals surface area contributed by atoms with E-state index >= 15 is 0 Å². The van der Waals surface area contributed by atoms with Crippen LogP contribution in [0.1, 0.15) is 15.9 Å². The minimum absolute atomic E-state index is 0.0266. The summed E-state index contributed by atoms with van der Waals surface area (Å²) in [6.07, 6.45) is 5.05. The molecule has 1 aliphatic rings. The maximum Gasteiger partial charge on any atom is 0.257 e. The molecule has 0 saturated carbocycles.